The minimum atomic E-state index is -0.457. The van der Waals surface area contributed by atoms with Crippen LogP contribution < -0.4 is 5.32 Å². The van der Waals surface area contributed by atoms with Crippen LogP contribution in [0.1, 0.15) is 29.2 Å². The highest BCUT2D eigenvalue weighted by Crippen LogP contribution is 2.17. The zero-order valence-electron chi connectivity index (χ0n) is 11.5. The maximum absolute atomic E-state index is 10.1. The molecule has 2 aromatic rings. The summed E-state index contributed by atoms with van der Waals surface area (Å²) in [5, 5.41) is 22.0. The zero-order valence-corrected chi connectivity index (χ0v) is 11.5. The van der Waals surface area contributed by atoms with Gasteiger partial charge in [-0.05, 0) is 43.2 Å². The minimum absolute atomic E-state index is 0.457. The van der Waals surface area contributed by atoms with Gasteiger partial charge in [0.15, 0.2) is 0 Å². The van der Waals surface area contributed by atoms with Gasteiger partial charge in [0.1, 0.15) is 0 Å². The quantitative estimate of drug-likeness (QED) is 0.872. The van der Waals surface area contributed by atoms with Crippen molar-refractivity contribution in [3.63, 3.8) is 0 Å². The Labute approximate surface area is 119 Å². The summed E-state index contributed by atoms with van der Waals surface area (Å²) >= 11 is 0. The molecule has 20 heavy (non-hydrogen) atoms. The van der Waals surface area contributed by atoms with E-state index in [1.165, 1.54) is 5.56 Å². The van der Waals surface area contributed by atoms with Gasteiger partial charge in [0.2, 0.25) is 0 Å². The fourth-order valence-corrected chi connectivity index (χ4v) is 1.97. The van der Waals surface area contributed by atoms with Crippen molar-refractivity contribution in [2.75, 3.05) is 11.9 Å². The lowest BCUT2D eigenvalue weighted by Gasteiger charge is -2.12. The molecule has 0 bridgehead atoms. The summed E-state index contributed by atoms with van der Waals surface area (Å²) in [6, 6.07) is 17.3. The Morgan fingerprint density at radius 2 is 1.75 bits per heavy atom. The molecule has 0 saturated carbocycles. The first-order chi connectivity index (χ1) is 9.69. The van der Waals surface area contributed by atoms with E-state index in [1.807, 2.05) is 43.3 Å². The van der Waals surface area contributed by atoms with Gasteiger partial charge in [-0.25, -0.2) is 0 Å². The van der Waals surface area contributed by atoms with Crippen LogP contribution in [0.3, 0.4) is 0 Å². The predicted molar refractivity (Wildman–Crippen MR) is 80.4 cm³/mol. The molecular formula is C17H18N2O. The van der Waals surface area contributed by atoms with Gasteiger partial charge >= 0.3 is 0 Å². The van der Waals surface area contributed by atoms with Crippen LogP contribution in [0.25, 0.3) is 0 Å². The third-order valence-corrected chi connectivity index (χ3v) is 3.22. The molecule has 0 spiro atoms. The van der Waals surface area contributed by atoms with Crippen LogP contribution in [0, 0.1) is 18.3 Å². The van der Waals surface area contributed by atoms with E-state index in [0.717, 1.165) is 11.3 Å². The molecule has 2 N–H and O–H groups in total. The molecule has 0 heterocycles. The summed E-state index contributed by atoms with van der Waals surface area (Å²) in [4.78, 5) is 0. The third-order valence-electron chi connectivity index (χ3n) is 3.22. The van der Waals surface area contributed by atoms with Crippen LogP contribution in [-0.4, -0.2) is 11.7 Å². The third kappa shape index (κ3) is 3.84. The highest BCUT2D eigenvalue weighted by molar-refractivity contribution is 5.47. The topological polar surface area (TPSA) is 56.0 Å². The van der Waals surface area contributed by atoms with Gasteiger partial charge in [-0.1, -0.05) is 29.8 Å². The van der Waals surface area contributed by atoms with Gasteiger partial charge in [0.05, 0.1) is 17.7 Å². The van der Waals surface area contributed by atoms with Crippen molar-refractivity contribution in [2.24, 2.45) is 0 Å². The van der Waals surface area contributed by atoms with Gasteiger partial charge in [0, 0.05) is 12.2 Å². The number of nitrogens with zero attached hydrogens (tertiary/aromatic N) is 1. The number of rotatable bonds is 5. The maximum Gasteiger partial charge on any atom is 0.0991 e. The van der Waals surface area contributed by atoms with Crippen molar-refractivity contribution in [1.82, 2.24) is 0 Å². The highest BCUT2D eigenvalue weighted by Gasteiger charge is 2.06. The standard InChI is InChI=1S/C17H18N2O/c1-13-2-6-15(7-3-13)17(20)10-11-19-16-8-4-14(12-18)5-9-16/h2-9,17,19-20H,10-11H2,1H3. The predicted octanol–water partition coefficient (Wildman–Crippen LogP) is 3.40. The second kappa shape index (κ2) is 6.74. The number of hydrogen-bond donors (Lipinski definition) is 2. The van der Waals surface area contributed by atoms with Crippen molar-refractivity contribution in [2.45, 2.75) is 19.4 Å². The van der Waals surface area contributed by atoms with E-state index in [9.17, 15) is 5.11 Å². The van der Waals surface area contributed by atoms with E-state index in [4.69, 9.17) is 5.26 Å². The summed E-state index contributed by atoms with van der Waals surface area (Å²) in [6.07, 6.45) is 0.185. The average Bonchev–Trinajstić information content (AvgIpc) is 2.48. The number of hydrogen-bond acceptors (Lipinski definition) is 3. The largest absolute Gasteiger partial charge is 0.388 e. The highest BCUT2D eigenvalue weighted by atomic mass is 16.3. The first kappa shape index (κ1) is 14.1. The van der Waals surface area contributed by atoms with E-state index in [0.29, 0.717) is 18.5 Å². The fraction of sp³-hybridized carbons (Fsp3) is 0.235. The van der Waals surface area contributed by atoms with Gasteiger partial charge in [0.25, 0.3) is 0 Å². The van der Waals surface area contributed by atoms with Gasteiger partial charge in [-0.3, -0.25) is 0 Å². The van der Waals surface area contributed by atoms with Crippen LogP contribution in [0.15, 0.2) is 48.5 Å². The van der Waals surface area contributed by atoms with Crippen molar-refractivity contribution >= 4 is 5.69 Å². The summed E-state index contributed by atoms with van der Waals surface area (Å²) in [6.45, 7) is 2.71. The molecule has 0 radical (unpaired) electrons. The monoisotopic (exact) mass is 266 g/mol. The van der Waals surface area contributed by atoms with E-state index in [-0.39, 0.29) is 0 Å². The van der Waals surface area contributed by atoms with Crippen molar-refractivity contribution in [1.29, 1.82) is 5.26 Å². The molecule has 0 amide bonds. The second-order valence-corrected chi connectivity index (χ2v) is 4.83. The Hall–Kier alpha value is -2.31. The molecule has 2 rings (SSSR count). The van der Waals surface area contributed by atoms with E-state index < -0.39 is 6.10 Å². The van der Waals surface area contributed by atoms with Crippen molar-refractivity contribution < 1.29 is 5.11 Å². The molecule has 0 saturated heterocycles. The lowest BCUT2D eigenvalue weighted by Crippen LogP contribution is -2.07. The van der Waals surface area contributed by atoms with E-state index in [1.54, 1.807) is 12.1 Å². The summed E-state index contributed by atoms with van der Waals surface area (Å²) < 4.78 is 0. The van der Waals surface area contributed by atoms with Gasteiger partial charge in [-0.2, -0.15) is 5.26 Å². The molecular weight excluding hydrogens is 248 g/mol. The molecule has 2 aromatic carbocycles. The molecule has 1 atom stereocenters. The van der Waals surface area contributed by atoms with Gasteiger partial charge < -0.3 is 10.4 Å². The van der Waals surface area contributed by atoms with Crippen LogP contribution in [0.2, 0.25) is 0 Å². The lowest BCUT2D eigenvalue weighted by molar-refractivity contribution is 0.171. The number of aliphatic hydroxyl groups is 1. The molecule has 0 fully saturated rings. The molecule has 0 aliphatic carbocycles. The zero-order chi connectivity index (χ0) is 14.4. The number of anilines is 1. The van der Waals surface area contributed by atoms with Crippen LogP contribution >= 0.6 is 0 Å². The Bertz CT molecular complexity index is 582. The summed E-state index contributed by atoms with van der Waals surface area (Å²) in [7, 11) is 0. The van der Waals surface area contributed by atoms with Crippen molar-refractivity contribution in [3.05, 3.63) is 65.2 Å². The minimum Gasteiger partial charge on any atom is -0.388 e. The first-order valence-electron chi connectivity index (χ1n) is 6.68. The van der Waals surface area contributed by atoms with Crippen molar-refractivity contribution in [3.8, 4) is 6.07 Å². The molecule has 102 valence electrons. The number of aryl methyl sites for hydroxylation is 1. The van der Waals surface area contributed by atoms with E-state index >= 15 is 0 Å². The number of benzene rings is 2. The molecule has 0 aliphatic rings. The van der Waals surface area contributed by atoms with Gasteiger partial charge in [-0.15, -0.1) is 0 Å². The SMILES string of the molecule is Cc1ccc(C(O)CCNc2ccc(C#N)cc2)cc1. The summed E-state index contributed by atoms with van der Waals surface area (Å²) in [5.74, 6) is 0. The molecule has 0 aliphatic heterocycles. The number of nitrogens with one attached hydrogen (secondary N) is 1. The number of aliphatic hydroxyl groups excluding tert-OH is 1. The van der Waals surface area contributed by atoms with Crippen LogP contribution in [-0.2, 0) is 0 Å². The lowest BCUT2D eigenvalue weighted by atomic mass is 10.1. The Balaban J connectivity index is 1.83. The fourth-order valence-electron chi connectivity index (χ4n) is 1.97. The number of nitriles is 1. The molecule has 3 nitrogen and oxygen atoms in total. The van der Waals surface area contributed by atoms with Crippen LogP contribution in [0.5, 0.6) is 0 Å². The molecule has 0 aromatic heterocycles. The Kier molecular flexibility index (Phi) is 4.75. The Morgan fingerprint density at radius 3 is 2.35 bits per heavy atom. The summed E-state index contributed by atoms with van der Waals surface area (Å²) in [5.41, 5.74) is 3.74. The first-order valence-corrected chi connectivity index (χ1v) is 6.68. The smallest absolute Gasteiger partial charge is 0.0991 e. The molecule has 1 unspecified atom stereocenters. The average molecular weight is 266 g/mol. The maximum atomic E-state index is 10.1. The Morgan fingerprint density at radius 1 is 1.10 bits per heavy atom. The normalized spacial score (nSPS) is 11.7. The van der Waals surface area contributed by atoms with E-state index in [2.05, 4.69) is 11.4 Å². The second-order valence-electron chi connectivity index (χ2n) is 4.83. The van der Waals surface area contributed by atoms with Crippen LogP contribution in [0.4, 0.5) is 5.69 Å². The molecule has 3 heteroatoms.